The first-order valence-electron chi connectivity index (χ1n) is 10.1. The van der Waals surface area contributed by atoms with Gasteiger partial charge in [-0.05, 0) is 62.7 Å². The minimum atomic E-state index is -0.386. The van der Waals surface area contributed by atoms with Crippen molar-refractivity contribution in [3.8, 4) is 6.07 Å². The SMILES string of the molecule is Cc1c(C#N)c2nc3ccccc3n2c(=O)c1=CNNc1ccc(C(=O)OC(C)C)cc1. The molecule has 4 rings (SSSR count). The van der Waals surface area contributed by atoms with E-state index in [4.69, 9.17) is 4.74 Å². The molecule has 2 aromatic heterocycles. The average molecular weight is 427 g/mol. The van der Waals surface area contributed by atoms with Crippen molar-refractivity contribution >= 4 is 34.5 Å². The number of fused-ring (bicyclic) bond motifs is 3. The second-order valence-electron chi connectivity index (χ2n) is 7.54. The van der Waals surface area contributed by atoms with Gasteiger partial charge in [0.05, 0.1) is 39.2 Å². The van der Waals surface area contributed by atoms with Gasteiger partial charge in [0.15, 0.2) is 5.65 Å². The topological polar surface area (TPSA) is 109 Å². The summed E-state index contributed by atoms with van der Waals surface area (Å²) in [7, 11) is 0. The van der Waals surface area contributed by atoms with Gasteiger partial charge in [-0.1, -0.05) is 12.1 Å². The first kappa shape index (κ1) is 20.9. The van der Waals surface area contributed by atoms with Crippen LogP contribution in [0.5, 0.6) is 0 Å². The Morgan fingerprint density at radius 3 is 2.59 bits per heavy atom. The zero-order valence-electron chi connectivity index (χ0n) is 17.8. The van der Waals surface area contributed by atoms with Gasteiger partial charge >= 0.3 is 5.97 Å². The molecular weight excluding hydrogens is 406 g/mol. The number of hydrazine groups is 1. The maximum Gasteiger partial charge on any atom is 0.338 e. The molecule has 0 saturated heterocycles. The molecule has 0 atom stereocenters. The number of carbonyl (C=O) groups excluding carboxylic acids is 1. The van der Waals surface area contributed by atoms with Crippen LogP contribution in [0.1, 0.15) is 35.3 Å². The molecule has 0 radical (unpaired) electrons. The maximum absolute atomic E-state index is 13.2. The Morgan fingerprint density at radius 2 is 1.91 bits per heavy atom. The van der Waals surface area contributed by atoms with Crippen LogP contribution in [0.25, 0.3) is 22.9 Å². The van der Waals surface area contributed by atoms with E-state index >= 15 is 0 Å². The molecule has 2 N–H and O–H groups in total. The number of pyridine rings is 1. The summed E-state index contributed by atoms with van der Waals surface area (Å²) in [6.45, 7) is 5.31. The van der Waals surface area contributed by atoms with Gasteiger partial charge in [0.1, 0.15) is 6.07 Å². The van der Waals surface area contributed by atoms with Crippen molar-refractivity contribution < 1.29 is 9.53 Å². The van der Waals surface area contributed by atoms with E-state index in [2.05, 4.69) is 21.9 Å². The Balaban J connectivity index is 1.66. The summed E-state index contributed by atoms with van der Waals surface area (Å²) in [4.78, 5) is 29.6. The lowest BCUT2D eigenvalue weighted by atomic mass is 10.1. The van der Waals surface area contributed by atoms with Gasteiger partial charge < -0.3 is 15.6 Å². The third kappa shape index (κ3) is 3.72. The van der Waals surface area contributed by atoms with Crippen LogP contribution < -0.4 is 21.6 Å². The van der Waals surface area contributed by atoms with Crippen molar-refractivity contribution in [3.05, 3.63) is 80.8 Å². The van der Waals surface area contributed by atoms with Crippen LogP contribution in [0, 0.1) is 18.3 Å². The van der Waals surface area contributed by atoms with Crippen LogP contribution in [0.2, 0.25) is 0 Å². The van der Waals surface area contributed by atoms with E-state index in [-0.39, 0.29) is 17.6 Å². The van der Waals surface area contributed by atoms with Crippen LogP contribution >= 0.6 is 0 Å². The maximum atomic E-state index is 13.2. The lowest BCUT2D eigenvalue weighted by Crippen LogP contribution is -2.36. The summed E-state index contributed by atoms with van der Waals surface area (Å²) in [5.74, 6) is -0.386. The summed E-state index contributed by atoms with van der Waals surface area (Å²) >= 11 is 0. The van der Waals surface area contributed by atoms with E-state index in [9.17, 15) is 14.9 Å². The smallest absolute Gasteiger partial charge is 0.338 e. The number of esters is 1. The number of imidazole rings is 1. The quantitative estimate of drug-likeness (QED) is 0.372. The number of ether oxygens (including phenoxy) is 1. The number of hydrogen-bond donors (Lipinski definition) is 2. The number of nitrogens with one attached hydrogen (secondary N) is 2. The predicted molar refractivity (Wildman–Crippen MR) is 122 cm³/mol. The largest absolute Gasteiger partial charge is 0.459 e. The molecule has 0 fully saturated rings. The van der Waals surface area contributed by atoms with Crippen molar-refractivity contribution in [3.63, 3.8) is 0 Å². The molecular formula is C24H21N5O3. The summed E-state index contributed by atoms with van der Waals surface area (Å²) in [6.07, 6.45) is 1.33. The Labute approximate surface area is 183 Å². The van der Waals surface area contributed by atoms with Gasteiger partial charge in [0.2, 0.25) is 0 Å². The Bertz CT molecular complexity index is 1480. The van der Waals surface area contributed by atoms with E-state index in [1.165, 1.54) is 10.6 Å². The number of nitriles is 1. The van der Waals surface area contributed by atoms with Crippen molar-refractivity contribution in [1.29, 1.82) is 5.26 Å². The highest BCUT2D eigenvalue weighted by molar-refractivity contribution is 5.90. The molecule has 0 aliphatic heterocycles. The number of nitrogens with zero attached hydrogens (tertiary/aromatic N) is 3. The van der Waals surface area contributed by atoms with E-state index in [1.54, 1.807) is 51.1 Å². The number of anilines is 1. The monoisotopic (exact) mass is 427 g/mol. The molecule has 2 heterocycles. The molecule has 160 valence electrons. The van der Waals surface area contributed by atoms with Crippen LogP contribution in [0.3, 0.4) is 0 Å². The van der Waals surface area contributed by atoms with Crippen molar-refractivity contribution in [2.45, 2.75) is 26.9 Å². The zero-order chi connectivity index (χ0) is 22.8. The molecule has 0 aliphatic rings. The highest BCUT2D eigenvalue weighted by Gasteiger charge is 2.16. The lowest BCUT2D eigenvalue weighted by Gasteiger charge is -2.09. The number of aromatic nitrogens is 2. The summed E-state index contributed by atoms with van der Waals surface area (Å²) in [5.41, 5.74) is 9.27. The number of benzene rings is 2. The number of para-hydroxylation sites is 2. The van der Waals surface area contributed by atoms with Gasteiger partial charge in [-0.25, -0.2) is 9.78 Å². The second kappa shape index (κ2) is 8.40. The number of hydrogen-bond acceptors (Lipinski definition) is 7. The van der Waals surface area contributed by atoms with Crippen LogP contribution in [-0.4, -0.2) is 21.5 Å². The Hall–Kier alpha value is -4.38. The highest BCUT2D eigenvalue weighted by Crippen LogP contribution is 2.17. The highest BCUT2D eigenvalue weighted by atomic mass is 16.5. The fraction of sp³-hybridized carbons (Fsp3) is 0.167. The van der Waals surface area contributed by atoms with Crippen LogP contribution in [0.15, 0.2) is 53.3 Å². The third-order valence-corrected chi connectivity index (χ3v) is 5.01. The molecule has 0 aliphatic carbocycles. The van der Waals surface area contributed by atoms with Gasteiger partial charge in [0, 0.05) is 6.20 Å². The molecule has 4 aromatic rings. The number of carbonyl (C=O) groups is 1. The fourth-order valence-corrected chi connectivity index (χ4v) is 3.45. The predicted octanol–water partition coefficient (Wildman–Crippen LogP) is 2.67. The molecule has 2 aromatic carbocycles. The minimum absolute atomic E-state index is 0.190. The molecule has 0 saturated carbocycles. The van der Waals surface area contributed by atoms with Gasteiger partial charge in [-0.15, -0.1) is 0 Å². The van der Waals surface area contributed by atoms with Crippen molar-refractivity contribution in [1.82, 2.24) is 14.8 Å². The average Bonchev–Trinajstić information content (AvgIpc) is 3.15. The first-order chi connectivity index (χ1) is 15.4. The van der Waals surface area contributed by atoms with Crippen LogP contribution in [-0.2, 0) is 4.74 Å². The lowest BCUT2D eigenvalue weighted by molar-refractivity contribution is 0.0378. The second-order valence-corrected chi connectivity index (χ2v) is 7.54. The van der Waals surface area contributed by atoms with Gasteiger partial charge in [0.25, 0.3) is 5.56 Å². The zero-order valence-corrected chi connectivity index (χ0v) is 17.8. The molecule has 0 unspecified atom stereocenters. The Morgan fingerprint density at radius 1 is 1.19 bits per heavy atom. The fourth-order valence-electron chi connectivity index (χ4n) is 3.45. The standard InChI is InChI=1S/C24H21N5O3/c1-14(2)32-24(31)16-8-10-17(11-9-16)28-26-13-19-15(3)18(12-25)22-27-20-6-4-5-7-21(20)29(22)23(19)30/h4-11,13-14,26,28H,1-3H3. The van der Waals surface area contributed by atoms with Crippen LogP contribution in [0.4, 0.5) is 5.69 Å². The summed E-state index contributed by atoms with van der Waals surface area (Å²) in [6, 6.07) is 16.2. The molecule has 32 heavy (non-hydrogen) atoms. The van der Waals surface area contributed by atoms with E-state index in [0.717, 1.165) is 0 Å². The number of rotatable bonds is 5. The van der Waals surface area contributed by atoms with E-state index in [1.807, 2.05) is 18.2 Å². The minimum Gasteiger partial charge on any atom is -0.459 e. The molecule has 8 nitrogen and oxygen atoms in total. The third-order valence-electron chi connectivity index (χ3n) is 5.01. The summed E-state index contributed by atoms with van der Waals surface area (Å²) < 4.78 is 6.63. The van der Waals surface area contributed by atoms with Gasteiger partial charge in [-0.2, -0.15) is 5.26 Å². The molecule has 8 heteroatoms. The van der Waals surface area contributed by atoms with Crippen molar-refractivity contribution in [2.24, 2.45) is 0 Å². The van der Waals surface area contributed by atoms with E-state index in [0.29, 0.717) is 44.3 Å². The molecule has 0 amide bonds. The molecule has 0 spiro atoms. The first-order valence-corrected chi connectivity index (χ1v) is 10.1. The molecule has 0 bridgehead atoms. The van der Waals surface area contributed by atoms with Crippen molar-refractivity contribution in [2.75, 3.05) is 5.43 Å². The van der Waals surface area contributed by atoms with Gasteiger partial charge in [-0.3, -0.25) is 9.20 Å². The van der Waals surface area contributed by atoms with E-state index < -0.39 is 0 Å². The summed E-state index contributed by atoms with van der Waals surface area (Å²) in [5, 5.41) is 10.0. The normalized spacial score (nSPS) is 11.7. The Kier molecular flexibility index (Phi) is 5.48.